The quantitative estimate of drug-likeness (QED) is 0.660. The monoisotopic (exact) mass is 330 g/mol. The van der Waals surface area contributed by atoms with E-state index < -0.39 is 18.1 Å². The molecule has 1 aromatic carbocycles. The molecule has 0 unspecified atom stereocenters. The minimum Gasteiger partial charge on any atom is -0.479 e. The van der Waals surface area contributed by atoms with Gasteiger partial charge in [-0.25, -0.2) is 9.59 Å². The van der Waals surface area contributed by atoms with Crippen molar-refractivity contribution in [2.45, 2.75) is 19.4 Å². The summed E-state index contributed by atoms with van der Waals surface area (Å²) in [5.41, 5.74) is 1.61. The number of hydrogen-bond donors (Lipinski definition) is 4. The third-order valence-electron chi connectivity index (χ3n) is 2.43. The van der Waals surface area contributed by atoms with E-state index in [4.69, 9.17) is 10.2 Å². The highest BCUT2D eigenvalue weighted by atomic mass is 79.9. The van der Waals surface area contributed by atoms with Crippen LogP contribution in [0.5, 0.6) is 0 Å². The molecule has 1 rings (SSSR count). The van der Waals surface area contributed by atoms with Crippen molar-refractivity contribution in [2.75, 3.05) is 11.9 Å². The number of anilines is 1. The first-order chi connectivity index (χ1) is 8.91. The molecule has 0 saturated carbocycles. The second-order valence-corrected chi connectivity index (χ2v) is 4.75. The largest absolute Gasteiger partial charge is 0.479 e. The standard InChI is InChI=1S/C12H15BrN2O4/c1-7-3-2-4-8(10(7)13)15-12(19)14-6-5-9(16)11(17)18/h2-4,9,16H,5-6H2,1H3,(H,17,18)(H2,14,15,19)/t9-/m0/s1. The van der Waals surface area contributed by atoms with Crippen LogP contribution in [0.4, 0.5) is 10.5 Å². The SMILES string of the molecule is Cc1cccc(NC(=O)NCC[C@H](O)C(=O)O)c1Br. The van der Waals surface area contributed by atoms with Crippen LogP contribution >= 0.6 is 15.9 Å². The van der Waals surface area contributed by atoms with Gasteiger partial charge >= 0.3 is 12.0 Å². The highest BCUT2D eigenvalue weighted by Gasteiger charge is 2.13. The normalized spacial score (nSPS) is 11.7. The molecular formula is C12H15BrN2O4. The van der Waals surface area contributed by atoms with Gasteiger partial charge in [0.25, 0.3) is 0 Å². The number of benzene rings is 1. The van der Waals surface area contributed by atoms with Crippen molar-refractivity contribution in [3.63, 3.8) is 0 Å². The molecule has 19 heavy (non-hydrogen) atoms. The molecule has 4 N–H and O–H groups in total. The van der Waals surface area contributed by atoms with Gasteiger partial charge in [0.05, 0.1) is 5.69 Å². The van der Waals surface area contributed by atoms with Gasteiger partial charge in [0.15, 0.2) is 6.10 Å². The molecular weight excluding hydrogens is 316 g/mol. The Morgan fingerprint density at radius 3 is 2.74 bits per heavy atom. The summed E-state index contributed by atoms with van der Waals surface area (Å²) in [5.74, 6) is -1.30. The number of urea groups is 1. The first kappa shape index (κ1) is 15.5. The molecule has 0 spiro atoms. The number of carbonyl (C=O) groups is 2. The number of halogens is 1. The van der Waals surface area contributed by atoms with Gasteiger partial charge in [0.2, 0.25) is 0 Å². The molecule has 0 fully saturated rings. The lowest BCUT2D eigenvalue weighted by Crippen LogP contribution is -2.33. The maximum absolute atomic E-state index is 11.6. The lowest BCUT2D eigenvalue weighted by Gasteiger charge is -2.11. The van der Waals surface area contributed by atoms with Crippen LogP contribution in [0.2, 0.25) is 0 Å². The maximum Gasteiger partial charge on any atom is 0.332 e. The lowest BCUT2D eigenvalue weighted by molar-refractivity contribution is -0.146. The zero-order chi connectivity index (χ0) is 14.4. The zero-order valence-corrected chi connectivity index (χ0v) is 11.9. The zero-order valence-electron chi connectivity index (χ0n) is 10.3. The van der Waals surface area contributed by atoms with Gasteiger partial charge in [-0.05, 0) is 34.5 Å². The number of aryl methyl sites for hydroxylation is 1. The molecule has 0 aliphatic carbocycles. The molecule has 0 radical (unpaired) electrons. The first-order valence-corrected chi connectivity index (χ1v) is 6.42. The number of hydrogen-bond acceptors (Lipinski definition) is 3. The van der Waals surface area contributed by atoms with Gasteiger partial charge in [-0.15, -0.1) is 0 Å². The minimum atomic E-state index is -1.47. The van der Waals surface area contributed by atoms with Crippen molar-refractivity contribution >= 4 is 33.6 Å². The Kier molecular flexibility index (Phi) is 5.78. The number of carboxylic acid groups (broad SMARTS) is 1. The molecule has 1 atom stereocenters. The average molecular weight is 331 g/mol. The van der Waals surface area contributed by atoms with E-state index in [1.54, 1.807) is 6.07 Å². The molecule has 6 nitrogen and oxygen atoms in total. The third-order valence-corrected chi connectivity index (χ3v) is 3.48. The summed E-state index contributed by atoms with van der Waals surface area (Å²) in [6.07, 6.45) is -1.51. The van der Waals surface area contributed by atoms with E-state index in [0.717, 1.165) is 10.0 Å². The molecule has 0 aliphatic rings. The summed E-state index contributed by atoms with van der Waals surface area (Å²) in [6, 6.07) is 4.99. The van der Waals surface area contributed by atoms with Crippen molar-refractivity contribution in [2.24, 2.45) is 0 Å². The average Bonchev–Trinajstić information content (AvgIpc) is 2.34. The van der Waals surface area contributed by atoms with E-state index in [1.807, 2.05) is 19.1 Å². The van der Waals surface area contributed by atoms with Gasteiger partial charge < -0.3 is 20.8 Å². The van der Waals surface area contributed by atoms with Crippen LogP contribution in [-0.2, 0) is 4.79 Å². The van der Waals surface area contributed by atoms with Crippen molar-refractivity contribution in [1.82, 2.24) is 5.32 Å². The number of carbonyl (C=O) groups excluding carboxylic acids is 1. The Morgan fingerprint density at radius 1 is 1.42 bits per heavy atom. The van der Waals surface area contributed by atoms with E-state index in [1.165, 1.54) is 0 Å². The smallest absolute Gasteiger partial charge is 0.332 e. The fourth-order valence-corrected chi connectivity index (χ4v) is 1.72. The Morgan fingerprint density at radius 2 is 2.11 bits per heavy atom. The maximum atomic E-state index is 11.6. The van der Waals surface area contributed by atoms with E-state index in [9.17, 15) is 9.59 Å². The summed E-state index contributed by atoms with van der Waals surface area (Å²) in [6.45, 7) is 1.97. The number of rotatable bonds is 5. The fourth-order valence-electron chi connectivity index (χ4n) is 1.36. The van der Waals surface area contributed by atoms with E-state index in [2.05, 4.69) is 26.6 Å². The Bertz CT molecular complexity index is 479. The van der Waals surface area contributed by atoms with Crippen molar-refractivity contribution < 1.29 is 19.8 Å². The highest BCUT2D eigenvalue weighted by Crippen LogP contribution is 2.25. The van der Waals surface area contributed by atoms with Crippen LogP contribution in [0.3, 0.4) is 0 Å². The van der Waals surface area contributed by atoms with Gasteiger partial charge in [0, 0.05) is 17.4 Å². The van der Waals surface area contributed by atoms with Crippen LogP contribution in [0.15, 0.2) is 22.7 Å². The van der Waals surface area contributed by atoms with Gasteiger partial charge in [-0.2, -0.15) is 0 Å². The van der Waals surface area contributed by atoms with E-state index >= 15 is 0 Å². The van der Waals surface area contributed by atoms with Crippen LogP contribution in [0.1, 0.15) is 12.0 Å². The van der Waals surface area contributed by atoms with E-state index in [-0.39, 0.29) is 13.0 Å². The summed E-state index contributed by atoms with van der Waals surface area (Å²) in [5, 5.41) is 22.6. The van der Waals surface area contributed by atoms with Gasteiger partial charge in [-0.1, -0.05) is 12.1 Å². The number of aliphatic carboxylic acids is 1. The number of carboxylic acids is 1. The third kappa shape index (κ3) is 4.88. The van der Waals surface area contributed by atoms with Gasteiger partial charge in [0.1, 0.15) is 0 Å². The summed E-state index contributed by atoms with van der Waals surface area (Å²) >= 11 is 3.36. The molecule has 0 aliphatic heterocycles. The second kappa shape index (κ2) is 7.10. The fraction of sp³-hybridized carbons (Fsp3) is 0.333. The predicted molar refractivity (Wildman–Crippen MR) is 74.2 cm³/mol. The summed E-state index contributed by atoms with van der Waals surface area (Å²) < 4.78 is 0.788. The topological polar surface area (TPSA) is 98.7 Å². The van der Waals surface area contributed by atoms with Crippen LogP contribution in [0.25, 0.3) is 0 Å². The molecule has 7 heteroatoms. The number of aliphatic hydroxyl groups excluding tert-OH is 1. The molecule has 2 amide bonds. The molecule has 104 valence electrons. The van der Waals surface area contributed by atoms with Crippen molar-refractivity contribution in [3.8, 4) is 0 Å². The number of amides is 2. The van der Waals surface area contributed by atoms with Crippen LogP contribution in [-0.4, -0.2) is 34.9 Å². The molecule has 1 aromatic rings. The molecule has 0 heterocycles. The number of nitrogens with one attached hydrogen (secondary N) is 2. The summed E-state index contributed by atoms with van der Waals surface area (Å²) in [4.78, 5) is 21.9. The Labute approximate surface area is 118 Å². The lowest BCUT2D eigenvalue weighted by atomic mass is 10.2. The predicted octanol–water partition coefficient (Wildman–Crippen LogP) is 1.71. The first-order valence-electron chi connectivity index (χ1n) is 5.62. The second-order valence-electron chi connectivity index (χ2n) is 3.96. The van der Waals surface area contributed by atoms with Gasteiger partial charge in [-0.3, -0.25) is 0 Å². The summed E-state index contributed by atoms with van der Waals surface area (Å²) in [7, 11) is 0. The Balaban J connectivity index is 2.43. The van der Waals surface area contributed by atoms with E-state index in [0.29, 0.717) is 5.69 Å². The van der Waals surface area contributed by atoms with Crippen molar-refractivity contribution in [3.05, 3.63) is 28.2 Å². The van der Waals surface area contributed by atoms with Crippen LogP contribution < -0.4 is 10.6 Å². The molecule has 0 aromatic heterocycles. The Hall–Kier alpha value is -1.60. The minimum absolute atomic E-state index is 0.0439. The molecule has 0 saturated heterocycles. The van der Waals surface area contributed by atoms with Crippen molar-refractivity contribution in [1.29, 1.82) is 0 Å². The molecule has 0 bridgehead atoms. The highest BCUT2D eigenvalue weighted by molar-refractivity contribution is 9.10. The number of aliphatic hydroxyl groups is 1. The van der Waals surface area contributed by atoms with Crippen LogP contribution in [0, 0.1) is 6.92 Å².